The van der Waals surface area contributed by atoms with Gasteiger partial charge in [-0.25, -0.2) is 4.98 Å². The number of piperidine rings is 1. The molecule has 3 rings (SSSR count). The van der Waals surface area contributed by atoms with E-state index in [9.17, 15) is 0 Å². The maximum absolute atomic E-state index is 4.74. The van der Waals surface area contributed by atoms with Crippen molar-refractivity contribution in [3.8, 4) is 0 Å². The monoisotopic (exact) mass is 256 g/mol. The molecule has 0 saturated carbocycles. The van der Waals surface area contributed by atoms with Crippen molar-refractivity contribution in [2.24, 2.45) is 7.05 Å². The van der Waals surface area contributed by atoms with E-state index < -0.39 is 0 Å². The third-order valence-electron chi connectivity index (χ3n) is 3.74. The summed E-state index contributed by atoms with van der Waals surface area (Å²) in [5.41, 5.74) is 1.28. The molecule has 1 atom stereocenters. The lowest BCUT2D eigenvalue weighted by Gasteiger charge is -2.19. The van der Waals surface area contributed by atoms with E-state index in [2.05, 4.69) is 34.7 Å². The number of aromatic nitrogens is 3. The first kappa shape index (κ1) is 12.4. The molecule has 4 nitrogen and oxygen atoms in total. The van der Waals surface area contributed by atoms with Crippen molar-refractivity contribution in [3.05, 3.63) is 47.5 Å². The van der Waals surface area contributed by atoms with Crippen molar-refractivity contribution in [2.45, 2.75) is 25.2 Å². The summed E-state index contributed by atoms with van der Waals surface area (Å²) in [5.74, 6) is 2.52. The van der Waals surface area contributed by atoms with Gasteiger partial charge in [-0.2, -0.15) is 5.10 Å². The molecule has 2 aromatic rings. The fourth-order valence-corrected chi connectivity index (χ4v) is 2.62. The number of benzene rings is 1. The molecule has 1 aliphatic rings. The standard InChI is InChI=1S/C15H20N4/c1-19-14(10-12-6-3-2-4-7-12)17-15(18-19)13-8-5-9-16-11-13/h2-4,6-7,13,16H,5,8-11H2,1H3. The molecule has 0 radical (unpaired) electrons. The number of hydrogen-bond donors (Lipinski definition) is 1. The lowest BCUT2D eigenvalue weighted by Crippen LogP contribution is -2.29. The Bertz CT molecular complexity index is 526. The molecule has 2 heterocycles. The first-order chi connectivity index (χ1) is 9.33. The van der Waals surface area contributed by atoms with Crippen LogP contribution in [0.25, 0.3) is 0 Å². The van der Waals surface area contributed by atoms with Gasteiger partial charge in [0.25, 0.3) is 0 Å². The van der Waals surface area contributed by atoms with Gasteiger partial charge in [-0.3, -0.25) is 4.68 Å². The van der Waals surface area contributed by atoms with Gasteiger partial charge in [0.1, 0.15) is 5.82 Å². The summed E-state index contributed by atoms with van der Waals surface area (Å²) in [6.45, 7) is 2.13. The molecule has 1 aliphatic heterocycles. The highest BCUT2D eigenvalue weighted by Crippen LogP contribution is 2.20. The minimum absolute atomic E-state index is 0.476. The summed E-state index contributed by atoms with van der Waals surface area (Å²) in [5, 5.41) is 8.02. The van der Waals surface area contributed by atoms with E-state index in [4.69, 9.17) is 4.98 Å². The summed E-state index contributed by atoms with van der Waals surface area (Å²) in [7, 11) is 1.99. The normalized spacial score (nSPS) is 19.5. The summed E-state index contributed by atoms with van der Waals surface area (Å²) in [6, 6.07) is 10.4. The van der Waals surface area contributed by atoms with E-state index in [1.54, 1.807) is 0 Å². The Morgan fingerprint density at radius 1 is 1.32 bits per heavy atom. The lowest BCUT2D eigenvalue weighted by atomic mass is 9.99. The Balaban J connectivity index is 1.77. The second kappa shape index (κ2) is 5.53. The third-order valence-corrected chi connectivity index (χ3v) is 3.74. The van der Waals surface area contributed by atoms with Gasteiger partial charge in [-0.05, 0) is 24.9 Å². The van der Waals surface area contributed by atoms with Crippen LogP contribution < -0.4 is 5.32 Å². The van der Waals surface area contributed by atoms with Crippen LogP contribution in [0.5, 0.6) is 0 Å². The van der Waals surface area contributed by atoms with Crippen LogP contribution in [0.15, 0.2) is 30.3 Å². The van der Waals surface area contributed by atoms with E-state index in [1.807, 2.05) is 17.8 Å². The molecule has 19 heavy (non-hydrogen) atoms. The van der Waals surface area contributed by atoms with Crippen molar-refractivity contribution in [1.29, 1.82) is 0 Å². The zero-order valence-electron chi connectivity index (χ0n) is 11.3. The van der Waals surface area contributed by atoms with E-state index in [-0.39, 0.29) is 0 Å². The molecule has 1 aromatic heterocycles. The molecule has 1 unspecified atom stereocenters. The summed E-state index contributed by atoms with van der Waals surface area (Å²) < 4.78 is 1.93. The van der Waals surface area contributed by atoms with Crippen LogP contribution in [-0.2, 0) is 13.5 Å². The molecule has 1 aromatic carbocycles. The van der Waals surface area contributed by atoms with Crippen molar-refractivity contribution >= 4 is 0 Å². The molecule has 1 fully saturated rings. The van der Waals surface area contributed by atoms with Crippen molar-refractivity contribution < 1.29 is 0 Å². The van der Waals surface area contributed by atoms with Gasteiger partial charge in [0.15, 0.2) is 5.82 Å². The Morgan fingerprint density at radius 2 is 2.16 bits per heavy atom. The second-order valence-corrected chi connectivity index (χ2v) is 5.22. The zero-order valence-corrected chi connectivity index (χ0v) is 11.3. The first-order valence-corrected chi connectivity index (χ1v) is 6.97. The summed E-state index contributed by atoms with van der Waals surface area (Å²) >= 11 is 0. The largest absolute Gasteiger partial charge is 0.316 e. The number of aryl methyl sites for hydroxylation is 1. The quantitative estimate of drug-likeness (QED) is 0.911. The van der Waals surface area contributed by atoms with Crippen molar-refractivity contribution in [3.63, 3.8) is 0 Å². The van der Waals surface area contributed by atoms with Crippen LogP contribution in [0.4, 0.5) is 0 Å². The molecular formula is C15H20N4. The summed E-state index contributed by atoms with van der Waals surface area (Å²) in [4.78, 5) is 4.74. The van der Waals surface area contributed by atoms with Crippen LogP contribution in [0.1, 0.15) is 36.0 Å². The molecule has 1 saturated heterocycles. The third kappa shape index (κ3) is 2.84. The highest BCUT2D eigenvalue weighted by atomic mass is 15.3. The van der Waals surface area contributed by atoms with E-state index in [0.29, 0.717) is 5.92 Å². The highest BCUT2D eigenvalue weighted by Gasteiger charge is 2.20. The molecule has 100 valence electrons. The predicted molar refractivity (Wildman–Crippen MR) is 75.1 cm³/mol. The first-order valence-electron chi connectivity index (χ1n) is 6.97. The molecule has 0 spiro atoms. The Hall–Kier alpha value is -1.68. The minimum atomic E-state index is 0.476. The molecule has 0 aliphatic carbocycles. The average Bonchev–Trinajstić information content (AvgIpc) is 2.82. The van der Waals surface area contributed by atoms with Gasteiger partial charge in [-0.15, -0.1) is 0 Å². The highest BCUT2D eigenvalue weighted by molar-refractivity contribution is 5.19. The van der Waals surface area contributed by atoms with Crippen LogP contribution in [0.3, 0.4) is 0 Å². The zero-order chi connectivity index (χ0) is 13.1. The fourth-order valence-electron chi connectivity index (χ4n) is 2.62. The minimum Gasteiger partial charge on any atom is -0.316 e. The van der Waals surface area contributed by atoms with Gasteiger partial charge in [0.2, 0.25) is 0 Å². The Morgan fingerprint density at radius 3 is 2.89 bits per heavy atom. The molecule has 1 N–H and O–H groups in total. The Labute approximate surface area is 113 Å². The van der Waals surface area contributed by atoms with Crippen molar-refractivity contribution in [1.82, 2.24) is 20.1 Å². The van der Waals surface area contributed by atoms with Gasteiger partial charge >= 0.3 is 0 Å². The average molecular weight is 256 g/mol. The SMILES string of the molecule is Cn1nc(C2CCCNC2)nc1Cc1ccccc1. The molecule has 4 heteroatoms. The maximum atomic E-state index is 4.74. The van der Waals surface area contributed by atoms with Gasteiger partial charge < -0.3 is 5.32 Å². The number of nitrogens with zero attached hydrogens (tertiary/aromatic N) is 3. The number of nitrogens with one attached hydrogen (secondary N) is 1. The number of rotatable bonds is 3. The van der Waals surface area contributed by atoms with Crippen LogP contribution in [0, 0.1) is 0 Å². The molecular weight excluding hydrogens is 236 g/mol. The van der Waals surface area contributed by atoms with Crippen LogP contribution >= 0.6 is 0 Å². The molecule has 0 amide bonds. The predicted octanol–water partition coefficient (Wildman–Crippen LogP) is 1.87. The van der Waals surface area contributed by atoms with Crippen molar-refractivity contribution in [2.75, 3.05) is 13.1 Å². The molecule has 0 bridgehead atoms. The van der Waals surface area contributed by atoms with Gasteiger partial charge in [0, 0.05) is 25.9 Å². The smallest absolute Gasteiger partial charge is 0.155 e. The van der Waals surface area contributed by atoms with Gasteiger partial charge in [-0.1, -0.05) is 30.3 Å². The number of hydrogen-bond acceptors (Lipinski definition) is 3. The summed E-state index contributed by atoms with van der Waals surface area (Å²) in [6.07, 6.45) is 3.27. The van der Waals surface area contributed by atoms with Crippen LogP contribution in [0.2, 0.25) is 0 Å². The van der Waals surface area contributed by atoms with E-state index >= 15 is 0 Å². The second-order valence-electron chi connectivity index (χ2n) is 5.22. The van der Waals surface area contributed by atoms with E-state index in [1.165, 1.54) is 18.4 Å². The lowest BCUT2D eigenvalue weighted by molar-refractivity contribution is 0.445. The van der Waals surface area contributed by atoms with E-state index in [0.717, 1.165) is 31.2 Å². The topological polar surface area (TPSA) is 42.7 Å². The van der Waals surface area contributed by atoms with Gasteiger partial charge in [0.05, 0.1) is 0 Å². The maximum Gasteiger partial charge on any atom is 0.155 e. The van der Waals surface area contributed by atoms with Crippen LogP contribution in [-0.4, -0.2) is 27.9 Å². The Kier molecular flexibility index (Phi) is 3.60. The fraction of sp³-hybridized carbons (Fsp3) is 0.467.